The molecule has 2 aromatic rings. The van der Waals surface area contributed by atoms with Crippen LogP contribution in [0.5, 0.6) is 0 Å². The van der Waals surface area contributed by atoms with Crippen LogP contribution in [0, 0.1) is 0 Å². The van der Waals surface area contributed by atoms with Crippen LogP contribution in [0.3, 0.4) is 0 Å². The Labute approximate surface area is 139 Å². The van der Waals surface area contributed by atoms with Gasteiger partial charge in [0.1, 0.15) is 8.67 Å². The summed E-state index contributed by atoms with van der Waals surface area (Å²) in [5.74, 6) is -0.291. The molecule has 0 aliphatic rings. The Balaban J connectivity index is 2.28. The van der Waals surface area contributed by atoms with Gasteiger partial charge in [-0.25, -0.2) is 0 Å². The molecule has 1 amide bonds. The molecule has 106 valence electrons. The van der Waals surface area contributed by atoms with E-state index in [0.717, 1.165) is 17.0 Å². The maximum absolute atomic E-state index is 12.4. The standard InChI is InChI=1S/C13H11BrCl2N2OS/c1-13(2,7-5-3-4-6-17-7)18-12(19)8-9(14)11(16)20-10(8)15/h3-6H,1-2H3,(H,18,19). The number of carbonyl (C=O) groups excluding carboxylic acids is 1. The lowest BCUT2D eigenvalue weighted by Gasteiger charge is -2.25. The zero-order chi connectivity index (χ0) is 14.9. The molecule has 0 aliphatic carbocycles. The Morgan fingerprint density at radius 1 is 1.35 bits per heavy atom. The van der Waals surface area contributed by atoms with Crippen molar-refractivity contribution in [1.29, 1.82) is 0 Å². The van der Waals surface area contributed by atoms with Crippen LogP contribution >= 0.6 is 50.5 Å². The van der Waals surface area contributed by atoms with Gasteiger partial charge in [-0.3, -0.25) is 9.78 Å². The third kappa shape index (κ3) is 3.17. The van der Waals surface area contributed by atoms with E-state index in [0.29, 0.717) is 18.7 Å². The molecule has 0 unspecified atom stereocenters. The molecule has 0 radical (unpaired) electrons. The van der Waals surface area contributed by atoms with E-state index in [-0.39, 0.29) is 5.91 Å². The van der Waals surface area contributed by atoms with E-state index in [1.165, 1.54) is 0 Å². The van der Waals surface area contributed by atoms with Gasteiger partial charge in [0.05, 0.1) is 21.3 Å². The predicted octanol–water partition coefficient (Wildman–Crippen LogP) is 4.88. The Hall–Kier alpha value is -0.620. The molecule has 2 heterocycles. The number of amides is 1. The first-order valence-electron chi connectivity index (χ1n) is 5.70. The minimum absolute atomic E-state index is 0.291. The summed E-state index contributed by atoms with van der Waals surface area (Å²) in [6.45, 7) is 3.76. The SMILES string of the molecule is CC(C)(NC(=O)c1c(Cl)sc(Cl)c1Br)c1ccccn1. The molecule has 20 heavy (non-hydrogen) atoms. The van der Waals surface area contributed by atoms with Crippen LogP contribution in [0.4, 0.5) is 0 Å². The molecule has 0 aromatic carbocycles. The van der Waals surface area contributed by atoms with Gasteiger partial charge in [0, 0.05) is 6.20 Å². The smallest absolute Gasteiger partial charge is 0.255 e. The molecule has 0 spiro atoms. The molecule has 1 N–H and O–H groups in total. The summed E-state index contributed by atoms with van der Waals surface area (Å²) in [4.78, 5) is 16.6. The van der Waals surface area contributed by atoms with E-state index in [9.17, 15) is 4.79 Å². The summed E-state index contributed by atoms with van der Waals surface area (Å²) < 4.78 is 1.33. The Morgan fingerprint density at radius 2 is 2.05 bits per heavy atom. The van der Waals surface area contributed by atoms with Crippen LogP contribution in [-0.2, 0) is 5.54 Å². The van der Waals surface area contributed by atoms with Crippen molar-refractivity contribution in [1.82, 2.24) is 10.3 Å². The molecule has 0 aliphatic heterocycles. The zero-order valence-electron chi connectivity index (χ0n) is 10.7. The Bertz CT molecular complexity index is 643. The van der Waals surface area contributed by atoms with Crippen molar-refractivity contribution >= 4 is 56.4 Å². The fourth-order valence-electron chi connectivity index (χ4n) is 1.69. The minimum Gasteiger partial charge on any atom is -0.341 e. The lowest BCUT2D eigenvalue weighted by Crippen LogP contribution is -2.41. The van der Waals surface area contributed by atoms with Crippen LogP contribution in [0.1, 0.15) is 29.9 Å². The fraction of sp³-hybridized carbons (Fsp3) is 0.231. The van der Waals surface area contributed by atoms with Gasteiger partial charge in [-0.1, -0.05) is 29.3 Å². The molecule has 2 rings (SSSR count). The molecule has 0 saturated heterocycles. The van der Waals surface area contributed by atoms with Gasteiger partial charge in [0.15, 0.2) is 0 Å². The van der Waals surface area contributed by atoms with E-state index in [1.807, 2.05) is 32.0 Å². The maximum Gasteiger partial charge on any atom is 0.255 e. The minimum atomic E-state index is -0.616. The summed E-state index contributed by atoms with van der Waals surface area (Å²) in [5.41, 5.74) is 0.503. The number of aromatic nitrogens is 1. The molecule has 0 saturated carbocycles. The monoisotopic (exact) mass is 392 g/mol. The molecule has 0 fully saturated rings. The van der Waals surface area contributed by atoms with Gasteiger partial charge in [0.2, 0.25) is 0 Å². The van der Waals surface area contributed by atoms with Crippen LogP contribution in [0.15, 0.2) is 28.9 Å². The Morgan fingerprint density at radius 3 is 2.55 bits per heavy atom. The van der Waals surface area contributed by atoms with Crippen molar-refractivity contribution < 1.29 is 4.79 Å². The summed E-state index contributed by atoms with van der Waals surface area (Å²) in [6, 6.07) is 5.56. The first kappa shape index (κ1) is 15.8. The topological polar surface area (TPSA) is 42.0 Å². The zero-order valence-corrected chi connectivity index (χ0v) is 14.6. The molecule has 0 atom stereocenters. The van der Waals surface area contributed by atoms with Crippen molar-refractivity contribution in [2.24, 2.45) is 0 Å². The largest absolute Gasteiger partial charge is 0.341 e. The highest BCUT2D eigenvalue weighted by Crippen LogP contribution is 2.40. The van der Waals surface area contributed by atoms with Gasteiger partial charge in [-0.2, -0.15) is 0 Å². The van der Waals surface area contributed by atoms with Crippen LogP contribution in [-0.4, -0.2) is 10.9 Å². The van der Waals surface area contributed by atoms with Crippen molar-refractivity contribution in [3.63, 3.8) is 0 Å². The number of pyridine rings is 1. The normalized spacial score (nSPS) is 11.4. The van der Waals surface area contributed by atoms with E-state index >= 15 is 0 Å². The molecular formula is C13H11BrCl2N2OS. The first-order chi connectivity index (χ1) is 9.33. The second-order valence-electron chi connectivity index (χ2n) is 4.63. The van der Waals surface area contributed by atoms with Crippen molar-refractivity contribution in [3.8, 4) is 0 Å². The van der Waals surface area contributed by atoms with Gasteiger partial charge in [-0.15, -0.1) is 11.3 Å². The number of nitrogens with one attached hydrogen (secondary N) is 1. The number of halogens is 3. The third-order valence-electron chi connectivity index (χ3n) is 2.73. The van der Waals surface area contributed by atoms with Gasteiger partial charge >= 0.3 is 0 Å². The van der Waals surface area contributed by atoms with Crippen LogP contribution in [0.2, 0.25) is 8.67 Å². The maximum atomic E-state index is 12.4. The predicted molar refractivity (Wildman–Crippen MR) is 86.8 cm³/mol. The molecule has 3 nitrogen and oxygen atoms in total. The second-order valence-corrected chi connectivity index (χ2v) is 7.65. The molecule has 7 heteroatoms. The van der Waals surface area contributed by atoms with Crippen LogP contribution < -0.4 is 5.32 Å². The average Bonchev–Trinajstić information content (AvgIpc) is 2.63. The summed E-state index contributed by atoms with van der Waals surface area (Å²) in [5, 5.41) is 2.92. The molecule has 2 aromatic heterocycles. The summed E-state index contributed by atoms with van der Waals surface area (Å²) in [7, 11) is 0. The summed E-state index contributed by atoms with van der Waals surface area (Å²) >= 11 is 16.4. The Kier molecular flexibility index (Phi) is 4.74. The van der Waals surface area contributed by atoms with Gasteiger partial charge in [0.25, 0.3) is 5.91 Å². The number of rotatable bonds is 3. The molecule has 0 bridgehead atoms. The number of nitrogens with zero attached hydrogens (tertiary/aromatic N) is 1. The van der Waals surface area contributed by atoms with Crippen molar-refractivity contribution in [2.75, 3.05) is 0 Å². The van der Waals surface area contributed by atoms with Gasteiger partial charge < -0.3 is 5.32 Å². The second kappa shape index (κ2) is 6.02. The summed E-state index contributed by atoms with van der Waals surface area (Å²) in [6.07, 6.45) is 1.69. The van der Waals surface area contributed by atoms with Gasteiger partial charge in [-0.05, 0) is 41.9 Å². The van der Waals surface area contributed by atoms with Crippen molar-refractivity contribution in [3.05, 3.63) is 48.8 Å². The lowest BCUT2D eigenvalue weighted by molar-refractivity contribution is 0.0910. The quantitative estimate of drug-likeness (QED) is 0.807. The number of hydrogen-bond donors (Lipinski definition) is 1. The highest BCUT2D eigenvalue weighted by atomic mass is 79.9. The van der Waals surface area contributed by atoms with E-state index in [1.54, 1.807) is 6.20 Å². The number of thiophene rings is 1. The van der Waals surface area contributed by atoms with E-state index < -0.39 is 5.54 Å². The highest BCUT2D eigenvalue weighted by Gasteiger charge is 2.28. The lowest BCUT2D eigenvalue weighted by atomic mass is 9.99. The number of carbonyl (C=O) groups is 1. The third-order valence-corrected chi connectivity index (χ3v) is 5.62. The average molecular weight is 394 g/mol. The first-order valence-corrected chi connectivity index (χ1v) is 8.07. The van der Waals surface area contributed by atoms with E-state index in [2.05, 4.69) is 26.2 Å². The van der Waals surface area contributed by atoms with Crippen LogP contribution in [0.25, 0.3) is 0 Å². The fourth-order valence-corrected chi connectivity index (χ4v) is 4.06. The highest BCUT2D eigenvalue weighted by molar-refractivity contribution is 9.10. The van der Waals surface area contributed by atoms with Crippen molar-refractivity contribution in [2.45, 2.75) is 19.4 Å². The van der Waals surface area contributed by atoms with E-state index in [4.69, 9.17) is 23.2 Å². The number of hydrogen-bond acceptors (Lipinski definition) is 3. The molecular weight excluding hydrogens is 383 g/mol.